The first-order valence-electron chi connectivity index (χ1n) is 9.00. The largest absolute Gasteiger partial charge is 0.370 e. The highest BCUT2D eigenvalue weighted by Crippen LogP contribution is 2.30. The number of rotatable bonds is 3. The molecule has 1 fully saturated rings. The van der Waals surface area contributed by atoms with Crippen LogP contribution in [0.1, 0.15) is 24.3 Å². The number of aryl methyl sites for hydroxylation is 1. The van der Waals surface area contributed by atoms with Gasteiger partial charge in [0.25, 0.3) is 0 Å². The van der Waals surface area contributed by atoms with Crippen LogP contribution in [0.15, 0.2) is 54.9 Å². The van der Waals surface area contributed by atoms with Gasteiger partial charge in [0.05, 0.1) is 19.2 Å². The lowest BCUT2D eigenvalue weighted by Gasteiger charge is -2.39. The second-order valence-corrected chi connectivity index (χ2v) is 7.25. The van der Waals surface area contributed by atoms with Crippen molar-refractivity contribution in [2.45, 2.75) is 26.0 Å². The van der Waals surface area contributed by atoms with E-state index in [0.29, 0.717) is 19.0 Å². The second-order valence-electron chi connectivity index (χ2n) is 6.81. The summed E-state index contributed by atoms with van der Waals surface area (Å²) in [5, 5.41) is 0.720. The van der Waals surface area contributed by atoms with Gasteiger partial charge in [-0.15, -0.1) is 0 Å². The average molecular weight is 381 g/mol. The number of hydrogen-bond donors (Lipinski definition) is 0. The number of aromatic nitrogens is 3. The van der Waals surface area contributed by atoms with Gasteiger partial charge in [0.2, 0.25) is 0 Å². The number of benzene rings is 1. The molecule has 1 aliphatic rings. The Morgan fingerprint density at radius 2 is 2.04 bits per heavy atom. The van der Waals surface area contributed by atoms with E-state index in [4.69, 9.17) is 21.3 Å². The highest BCUT2D eigenvalue weighted by atomic mass is 35.5. The average Bonchev–Trinajstić information content (AvgIpc) is 2.68. The third-order valence-electron chi connectivity index (χ3n) is 4.71. The Hall–Kier alpha value is -2.50. The monoisotopic (exact) mass is 380 g/mol. The van der Waals surface area contributed by atoms with E-state index in [2.05, 4.69) is 27.9 Å². The SMILES string of the molecule is Cc1cc(N2CC(c3cccc(Cl)c3)OCC2C)nc(-c2cccnc2)n1. The highest BCUT2D eigenvalue weighted by Gasteiger charge is 2.28. The molecule has 2 aromatic heterocycles. The van der Waals surface area contributed by atoms with Crippen molar-refractivity contribution < 1.29 is 4.74 Å². The first-order valence-corrected chi connectivity index (χ1v) is 9.38. The maximum atomic E-state index is 6.16. The fourth-order valence-corrected chi connectivity index (χ4v) is 3.51. The molecule has 0 saturated carbocycles. The van der Waals surface area contributed by atoms with Gasteiger partial charge in [-0.1, -0.05) is 23.7 Å². The summed E-state index contributed by atoms with van der Waals surface area (Å²) in [6, 6.07) is 14.0. The van der Waals surface area contributed by atoms with Gasteiger partial charge in [-0.05, 0) is 43.7 Å². The molecule has 0 aliphatic carbocycles. The summed E-state index contributed by atoms with van der Waals surface area (Å²) in [6.07, 6.45) is 3.49. The molecule has 2 unspecified atom stereocenters. The van der Waals surface area contributed by atoms with Crippen molar-refractivity contribution in [3.8, 4) is 11.4 Å². The van der Waals surface area contributed by atoms with Crippen LogP contribution in [0.4, 0.5) is 5.82 Å². The quantitative estimate of drug-likeness (QED) is 0.671. The second kappa shape index (κ2) is 7.62. The molecule has 3 heterocycles. The fourth-order valence-electron chi connectivity index (χ4n) is 3.31. The minimum Gasteiger partial charge on any atom is -0.370 e. The summed E-state index contributed by atoms with van der Waals surface area (Å²) in [5.74, 6) is 1.60. The standard InChI is InChI=1S/C21H21ClN4O/c1-14-9-20(25-21(24-14)17-6-4-8-23-11-17)26-12-19(27-13-15(26)2)16-5-3-7-18(22)10-16/h3-11,15,19H,12-13H2,1-2H3. The van der Waals surface area contributed by atoms with Gasteiger partial charge < -0.3 is 9.64 Å². The van der Waals surface area contributed by atoms with Gasteiger partial charge in [-0.2, -0.15) is 0 Å². The molecule has 0 amide bonds. The summed E-state index contributed by atoms with van der Waals surface area (Å²) in [6.45, 7) is 5.48. The highest BCUT2D eigenvalue weighted by molar-refractivity contribution is 6.30. The van der Waals surface area contributed by atoms with Crippen LogP contribution in [0.5, 0.6) is 0 Å². The van der Waals surface area contributed by atoms with E-state index in [1.165, 1.54) is 0 Å². The number of morpholine rings is 1. The van der Waals surface area contributed by atoms with Crippen molar-refractivity contribution in [2.24, 2.45) is 0 Å². The third kappa shape index (κ3) is 3.94. The Morgan fingerprint density at radius 1 is 1.15 bits per heavy atom. The zero-order valence-corrected chi connectivity index (χ0v) is 16.1. The van der Waals surface area contributed by atoms with Gasteiger partial charge in [0.15, 0.2) is 5.82 Å². The lowest BCUT2D eigenvalue weighted by Crippen LogP contribution is -2.45. The lowest BCUT2D eigenvalue weighted by molar-refractivity contribution is 0.0212. The van der Waals surface area contributed by atoms with Crippen molar-refractivity contribution in [2.75, 3.05) is 18.1 Å². The zero-order chi connectivity index (χ0) is 18.8. The molecule has 0 bridgehead atoms. The molecule has 1 aliphatic heterocycles. The summed E-state index contributed by atoms with van der Waals surface area (Å²) in [4.78, 5) is 15.9. The zero-order valence-electron chi connectivity index (χ0n) is 15.3. The van der Waals surface area contributed by atoms with E-state index in [0.717, 1.165) is 27.7 Å². The van der Waals surface area contributed by atoms with Crippen LogP contribution in [-0.4, -0.2) is 34.1 Å². The molecule has 5 nitrogen and oxygen atoms in total. The molecule has 0 N–H and O–H groups in total. The predicted octanol–water partition coefficient (Wildman–Crippen LogP) is 4.47. The molecule has 3 aromatic rings. The summed E-state index contributed by atoms with van der Waals surface area (Å²) < 4.78 is 6.07. The first-order chi connectivity index (χ1) is 13.1. The van der Waals surface area contributed by atoms with Crippen LogP contribution < -0.4 is 4.90 Å². The minimum absolute atomic E-state index is 0.0444. The van der Waals surface area contributed by atoms with Crippen LogP contribution in [0.25, 0.3) is 11.4 Å². The van der Waals surface area contributed by atoms with Crippen LogP contribution in [0.3, 0.4) is 0 Å². The Balaban J connectivity index is 1.66. The number of nitrogens with zero attached hydrogens (tertiary/aromatic N) is 4. The van der Waals surface area contributed by atoms with E-state index < -0.39 is 0 Å². The number of pyridine rings is 1. The van der Waals surface area contributed by atoms with Gasteiger partial charge in [-0.3, -0.25) is 4.98 Å². The molecule has 138 valence electrons. The predicted molar refractivity (Wildman–Crippen MR) is 107 cm³/mol. The number of halogens is 1. The Morgan fingerprint density at radius 3 is 2.81 bits per heavy atom. The van der Waals surface area contributed by atoms with Crippen molar-refractivity contribution in [3.05, 3.63) is 71.1 Å². The van der Waals surface area contributed by atoms with Crippen LogP contribution in [-0.2, 0) is 4.74 Å². The van der Waals surface area contributed by atoms with E-state index in [9.17, 15) is 0 Å². The number of ether oxygens (including phenoxy) is 1. The molecule has 27 heavy (non-hydrogen) atoms. The molecule has 1 aromatic carbocycles. The summed E-state index contributed by atoms with van der Waals surface area (Å²) in [7, 11) is 0. The third-order valence-corrected chi connectivity index (χ3v) is 4.94. The van der Waals surface area contributed by atoms with Crippen molar-refractivity contribution in [1.29, 1.82) is 0 Å². The maximum absolute atomic E-state index is 6.16. The maximum Gasteiger partial charge on any atom is 0.163 e. The van der Waals surface area contributed by atoms with Crippen LogP contribution >= 0.6 is 11.6 Å². The van der Waals surface area contributed by atoms with Crippen LogP contribution in [0.2, 0.25) is 5.02 Å². The van der Waals surface area contributed by atoms with Gasteiger partial charge in [0.1, 0.15) is 11.9 Å². The number of anilines is 1. The number of hydrogen-bond acceptors (Lipinski definition) is 5. The van der Waals surface area contributed by atoms with Gasteiger partial charge in [-0.25, -0.2) is 9.97 Å². The van der Waals surface area contributed by atoms with Gasteiger partial charge in [0, 0.05) is 34.7 Å². The summed E-state index contributed by atoms with van der Waals surface area (Å²) >= 11 is 6.16. The smallest absolute Gasteiger partial charge is 0.163 e. The minimum atomic E-state index is -0.0444. The van der Waals surface area contributed by atoms with E-state index in [1.807, 2.05) is 43.3 Å². The summed E-state index contributed by atoms with van der Waals surface area (Å²) in [5.41, 5.74) is 2.92. The van der Waals surface area contributed by atoms with Crippen LogP contribution in [0, 0.1) is 6.92 Å². The molecule has 2 atom stereocenters. The van der Waals surface area contributed by atoms with E-state index in [1.54, 1.807) is 12.4 Å². The Bertz CT molecular complexity index is 934. The Labute approximate surface area is 164 Å². The molecule has 0 radical (unpaired) electrons. The Kier molecular flexibility index (Phi) is 5.05. The van der Waals surface area contributed by atoms with Gasteiger partial charge >= 0.3 is 0 Å². The molecule has 4 rings (SSSR count). The lowest BCUT2D eigenvalue weighted by atomic mass is 10.1. The molecule has 1 saturated heterocycles. The first kappa shape index (κ1) is 17.9. The van der Waals surface area contributed by atoms with Crippen molar-refractivity contribution in [1.82, 2.24) is 15.0 Å². The fraction of sp³-hybridized carbons (Fsp3) is 0.286. The molecule has 0 spiro atoms. The molecular weight excluding hydrogens is 360 g/mol. The normalized spacial score (nSPS) is 19.9. The molecule has 6 heteroatoms. The van der Waals surface area contributed by atoms with Crippen molar-refractivity contribution in [3.63, 3.8) is 0 Å². The van der Waals surface area contributed by atoms with E-state index >= 15 is 0 Å². The van der Waals surface area contributed by atoms with Crippen molar-refractivity contribution >= 4 is 17.4 Å². The van der Waals surface area contributed by atoms with E-state index in [-0.39, 0.29) is 12.1 Å². The topological polar surface area (TPSA) is 51.1 Å². The molecular formula is C21H21ClN4O.